The molecule has 0 aromatic carbocycles. The molecule has 0 spiro atoms. The van der Waals surface area contributed by atoms with Crippen LogP contribution < -0.4 is 0 Å². The van der Waals surface area contributed by atoms with Crippen molar-refractivity contribution >= 4 is 5.97 Å². The van der Waals surface area contributed by atoms with Crippen molar-refractivity contribution in [2.45, 2.75) is 27.0 Å². The first-order chi connectivity index (χ1) is 5.61. The van der Waals surface area contributed by atoms with E-state index in [1.54, 1.807) is 13.0 Å². The lowest BCUT2D eigenvalue weighted by Crippen LogP contribution is -2.32. The van der Waals surface area contributed by atoms with Crippen LogP contribution in [-0.4, -0.2) is 30.7 Å². The molecule has 0 heterocycles. The summed E-state index contributed by atoms with van der Waals surface area (Å²) in [6.07, 6.45) is 2.93. The second-order valence-corrected chi connectivity index (χ2v) is 2.61. The van der Waals surface area contributed by atoms with E-state index in [1.165, 1.54) is 6.08 Å². The quantitative estimate of drug-likeness (QED) is 0.364. The normalized spacial score (nSPS) is 13.8. The van der Waals surface area contributed by atoms with E-state index in [0.717, 1.165) is 6.54 Å². The first-order valence-electron chi connectivity index (χ1n) is 4.15. The molecule has 0 N–H and O–H groups in total. The molecule has 0 aromatic rings. The molecule has 0 aliphatic heterocycles. The molecule has 0 fully saturated rings. The highest BCUT2D eigenvalue weighted by molar-refractivity contribution is 5.81. The maximum atomic E-state index is 10.9. The van der Waals surface area contributed by atoms with Crippen LogP contribution in [0.15, 0.2) is 12.2 Å². The van der Waals surface area contributed by atoms with Crippen molar-refractivity contribution in [2.24, 2.45) is 0 Å². The van der Waals surface area contributed by atoms with Crippen LogP contribution >= 0.6 is 0 Å². The average molecular weight is 171 g/mol. The Hall–Kier alpha value is -0.830. The van der Waals surface area contributed by atoms with Crippen LogP contribution in [-0.2, 0) is 9.53 Å². The minimum absolute atomic E-state index is 0.154. The zero-order chi connectivity index (χ0) is 9.56. The zero-order valence-corrected chi connectivity index (χ0v) is 8.20. The molecule has 0 aromatic heterocycles. The second-order valence-electron chi connectivity index (χ2n) is 2.61. The average Bonchev–Trinajstić information content (AvgIpc) is 2.03. The van der Waals surface area contributed by atoms with E-state index in [2.05, 4.69) is 0 Å². The molecule has 0 bridgehead atoms. The first kappa shape index (κ1) is 11.2. The predicted molar refractivity (Wildman–Crippen MR) is 48.7 cm³/mol. The van der Waals surface area contributed by atoms with Crippen molar-refractivity contribution in [3.05, 3.63) is 12.2 Å². The highest BCUT2D eigenvalue weighted by Crippen LogP contribution is 1.97. The highest BCUT2D eigenvalue weighted by atomic mass is 16.6. The summed E-state index contributed by atoms with van der Waals surface area (Å²) in [5.41, 5.74) is 0. The lowest BCUT2D eigenvalue weighted by atomic mass is 10.5. The first-order valence-corrected chi connectivity index (χ1v) is 4.15. The number of hydrogen-bond donors (Lipinski definition) is 0. The van der Waals surface area contributed by atoms with Crippen molar-refractivity contribution in [2.75, 3.05) is 13.6 Å². The van der Waals surface area contributed by atoms with E-state index in [1.807, 2.05) is 25.8 Å². The van der Waals surface area contributed by atoms with Gasteiger partial charge in [0.1, 0.15) is 0 Å². The maximum absolute atomic E-state index is 10.9. The van der Waals surface area contributed by atoms with Crippen LogP contribution in [0.25, 0.3) is 0 Å². The Morgan fingerprint density at radius 2 is 2.25 bits per heavy atom. The van der Waals surface area contributed by atoms with Gasteiger partial charge in [0, 0.05) is 6.08 Å². The molecule has 3 heteroatoms. The Labute approximate surface area is 74.0 Å². The van der Waals surface area contributed by atoms with Gasteiger partial charge in [-0.25, -0.2) is 4.79 Å². The van der Waals surface area contributed by atoms with E-state index < -0.39 is 0 Å². The smallest absolute Gasteiger partial charge is 0.331 e. The molecule has 3 nitrogen and oxygen atoms in total. The number of hydrogen-bond acceptors (Lipinski definition) is 3. The Bertz CT molecular complexity index is 166. The third kappa shape index (κ3) is 4.13. The number of rotatable bonds is 4. The molecule has 0 radical (unpaired) electrons. The molecule has 0 amide bonds. The second kappa shape index (κ2) is 5.77. The molecular formula is C9H17NO2. The van der Waals surface area contributed by atoms with Gasteiger partial charge in [0.05, 0.1) is 0 Å². The maximum Gasteiger partial charge on any atom is 0.331 e. The number of ether oxygens (including phenoxy) is 1. The number of allylic oxidation sites excluding steroid dienone is 1. The fourth-order valence-electron chi connectivity index (χ4n) is 0.691. The Morgan fingerprint density at radius 1 is 1.67 bits per heavy atom. The van der Waals surface area contributed by atoms with Crippen LogP contribution in [0, 0.1) is 0 Å². The van der Waals surface area contributed by atoms with Gasteiger partial charge in [-0.1, -0.05) is 13.0 Å². The van der Waals surface area contributed by atoms with E-state index in [0.29, 0.717) is 0 Å². The summed E-state index contributed by atoms with van der Waals surface area (Å²) in [4.78, 5) is 12.9. The van der Waals surface area contributed by atoms with Crippen LogP contribution in [0.2, 0.25) is 0 Å². The lowest BCUT2D eigenvalue weighted by molar-refractivity contribution is -0.149. The molecule has 0 saturated carbocycles. The molecule has 0 rings (SSSR count). The number of carbonyl (C=O) groups is 1. The van der Waals surface area contributed by atoms with Crippen molar-refractivity contribution in [1.29, 1.82) is 0 Å². The third-order valence-corrected chi connectivity index (χ3v) is 1.71. The highest BCUT2D eigenvalue weighted by Gasteiger charge is 2.09. The molecule has 0 saturated heterocycles. The fourth-order valence-corrected chi connectivity index (χ4v) is 0.691. The molecule has 12 heavy (non-hydrogen) atoms. The number of esters is 1. The number of carbonyl (C=O) groups excluding carboxylic acids is 1. The van der Waals surface area contributed by atoms with Gasteiger partial charge >= 0.3 is 5.97 Å². The van der Waals surface area contributed by atoms with Crippen molar-refractivity contribution < 1.29 is 9.53 Å². The number of nitrogens with zero attached hydrogens (tertiary/aromatic N) is 1. The van der Waals surface area contributed by atoms with Gasteiger partial charge in [0.25, 0.3) is 0 Å². The van der Waals surface area contributed by atoms with E-state index in [9.17, 15) is 4.79 Å². The van der Waals surface area contributed by atoms with E-state index in [4.69, 9.17) is 4.74 Å². The summed E-state index contributed by atoms with van der Waals surface area (Å²) < 4.78 is 5.04. The largest absolute Gasteiger partial charge is 0.443 e. The third-order valence-electron chi connectivity index (χ3n) is 1.71. The molecule has 0 aliphatic rings. The van der Waals surface area contributed by atoms with Crippen molar-refractivity contribution in [3.63, 3.8) is 0 Å². The van der Waals surface area contributed by atoms with E-state index in [-0.39, 0.29) is 12.2 Å². The zero-order valence-electron chi connectivity index (χ0n) is 8.20. The van der Waals surface area contributed by atoms with Gasteiger partial charge in [-0.15, -0.1) is 0 Å². The Morgan fingerprint density at radius 3 is 2.67 bits per heavy atom. The van der Waals surface area contributed by atoms with Crippen LogP contribution in [0.5, 0.6) is 0 Å². The van der Waals surface area contributed by atoms with Crippen molar-refractivity contribution in [1.82, 2.24) is 4.90 Å². The standard InChI is InChI=1S/C9H17NO2/c1-5-7-9(11)12-8(3)10(4)6-2/h5,7-8H,6H2,1-4H3/b7-5-. The molecule has 0 aliphatic carbocycles. The van der Waals surface area contributed by atoms with Crippen LogP contribution in [0.3, 0.4) is 0 Å². The van der Waals surface area contributed by atoms with Gasteiger partial charge in [-0.2, -0.15) is 0 Å². The monoisotopic (exact) mass is 171 g/mol. The SMILES string of the molecule is C/C=C\C(=O)OC(C)N(C)CC. The van der Waals surface area contributed by atoms with Gasteiger partial charge < -0.3 is 4.74 Å². The topological polar surface area (TPSA) is 29.5 Å². The summed E-state index contributed by atoms with van der Waals surface area (Å²) in [5, 5.41) is 0. The van der Waals surface area contributed by atoms with Crippen LogP contribution in [0.4, 0.5) is 0 Å². The fraction of sp³-hybridized carbons (Fsp3) is 0.667. The van der Waals surface area contributed by atoms with Gasteiger partial charge in [0.15, 0.2) is 6.23 Å². The Balaban J connectivity index is 3.83. The van der Waals surface area contributed by atoms with Crippen molar-refractivity contribution in [3.8, 4) is 0 Å². The molecule has 1 unspecified atom stereocenters. The lowest BCUT2D eigenvalue weighted by Gasteiger charge is -2.21. The summed E-state index contributed by atoms with van der Waals surface area (Å²) >= 11 is 0. The summed E-state index contributed by atoms with van der Waals surface area (Å²) in [6, 6.07) is 0. The predicted octanol–water partition coefficient (Wildman–Crippen LogP) is 1.40. The summed E-state index contributed by atoms with van der Waals surface area (Å²) in [7, 11) is 1.91. The van der Waals surface area contributed by atoms with Crippen LogP contribution in [0.1, 0.15) is 20.8 Å². The van der Waals surface area contributed by atoms with Gasteiger partial charge in [0.2, 0.25) is 0 Å². The van der Waals surface area contributed by atoms with Gasteiger partial charge in [-0.05, 0) is 27.4 Å². The molecule has 1 atom stereocenters. The summed E-state index contributed by atoms with van der Waals surface area (Å²) in [5.74, 6) is -0.287. The van der Waals surface area contributed by atoms with Gasteiger partial charge in [-0.3, -0.25) is 4.90 Å². The van der Waals surface area contributed by atoms with E-state index >= 15 is 0 Å². The molecule has 70 valence electrons. The summed E-state index contributed by atoms with van der Waals surface area (Å²) in [6.45, 7) is 6.52. The minimum atomic E-state index is -0.287. The minimum Gasteiger partial charge on any atom is -0.443 e. The Kier molecular flexibility index (Phi) is 5.37. The molecular weight excluding hydrogens is 154 g/mol.